The first-order valence-corrected chi connectivity index (χ1v) is 10.9. The first-order valence-electron chi connectivity index (χ1n) is 9.98. The molecule has 186 valence electrons. The second-order valence-corrected chi connectivity index (χ2v) is 8.54. The van der Waals surface area contributed by atoms with Gasteiger partial charge in [0.05, 0.1) is 0 Å². The molecule has 3 rings (SSSR count). The predicted octanol–water partition coefficient (Wildman–Crippen LogP) is 5.01. The third-order valence-corrected chi connectivity index (χ3v) is 6.07. The smallest absolute Gasteiger partial charge is 0.428 e. The summed E-state index contributed by atoms with van der Waals surface area (Å²) in [5.41, 5.74) is 2.84. The number of piperazine rings is 1. The van der Waals surface area contributed by atoms with Crippen LogP contribution in [0, 0.1) is 6.92 Å². The minimum atomic E-state index is -5.75. The van der Waals surface area contributed by atoms with Gasteiger partial charge in [-0.15, -0.1) is 11.3 Å². The van der Waals surface area contributed by atoms with Gasteiger partial charge in [0.25, 0.3) is 12.6 Å². The molecule has 1 fully saturated rings. The maximum Gasteiger partial charge on any atom is 0.434 e. The Morgan fingerprint density at radius 1 is 1.09 bits per heavy atom. The van der Waals surface area contributed by atoms with E-state index < -0.39 is 24.5 Å². The fourth-order valence-electron chi connectivity index (χ4n) is 3.46. The average molecular weight is 510 g/mol. The zero-order chi connectivity index (χ0) is 25.1. The number of thiophene rings is 1. The van der Waals surface area contributed by atoms with Gasteiger partial charge in [-0.05, 0) is 24.1 Å². The number of ether oxygens (including phenoxy) is 2. The lowest BCUT2D eigenvalue weighted by Gasteiger charge is -2.35. The molecule has 1 aromatic carbocycles. The van der Waals surface area contributed by atoms with Crippen molar-refractivity contribution < 1.29 is 45.4 Å². The Morgan fingerprint density at radius 2 is 1.74 bits per heavy atom. The number of alkyl halides is 6. The number of carbonyl (C=O) groups excluding carboxylic acids is 2. The molecular formula is C21H20F6N2O4S. The summed E-state index contributed by atoms with van der Waals surface area (Å²) in [6, 6.07) is 7.52. The Bertz CT molecular complexity index is 1000. The van der Waals surface area contributed by atoms with Crippen LogP contribution in [-0.2, 0) is 16.1 Å². The molecule has 1 amide bonds. The minimum absolute atomic E-state index is 0.0845. The Labute approximate surface area is 194 Å². The zero-order valence-electron chi connectivity index (χ0n) is 17.8. The van der Waals surface area contributed by atoms with Crippen LogP contribution in [0.3, 0.4) is 0 Å². The van der Waals surface area contributed by atoms with Gasteiger partial charge in [0.15, 0.2) is 0 Å². The quantitative estimate of drug-likeness (QED) is 0.404. The third-order valence-electron chi connectivity index (χ3n) is 5.13. The number of halogens is 6. The van der Waals surface area contributed by atoms with E-state index in [0.29, 0.717) is 18.8 Å². The van der Waals surface area contributed by atoms with Gasteiger partial charge in [-0.1, -0.05) is 23.8 Å². The van der Waals surface area contributed by atoms with Crippen LogP contribution in [0.25, 0.3) is 10.4 Å². The standard InChI is InChI=1S/C21H20F6N2O4S/c1-13-2-3-14(16(8-13)17-9-15(11-34-17)32-12-30)10-28-4-6-29(7-5-28)19(31)33-18(20(22,23)24)21(25,26)27/h2-3,8-9,11-12,18H,4-7,10H2,1H3. The fraction of sp³-hybridized carbons (Fsp3) is 0.429. The van der Waals surface area contributed by atoms with Crippen LogP contribution < -0.4 is 4.74 Å². The SMILES string of the molecule is Cc1ccc(CN2CCN(C(=O)OC(C(F)(F)F)C(F)(F)F)CC2)c(-c2cc(OC=O)cs2)c1. The molecule has 0 atom stereocenters. The van der Waals surface area contributed by atoms with Gasteiger partial charge < -0.3 is 14.4 Å². The number of rotatable bonds is 6. The molecule has 0 radical (unpaired) electrons. The van der Waals surface area contributed by atoms with Gasteiger partial charge in [-0.2, -0.15) is 26.3 Å². The molecule has 2 aromatic rings. The van der Waals surface area contributed by atoms with Crippen molar-refractivity contribution in [1.82, 2.24) is 9.80 Å². The summed E-state index contributed by atoms with van der Waals surface area (Å²) < 4.78 is 84.5. The van der Waals surface area contributed by atoms with Crippen LogP contribution in [0.1, 0.15) is 11.1 Å². The topological polar surface area (TPSA) is 59.1 Å². The maximum absolute atomic E-state index is 12.7. The van der Waals surface area contributed by atoms with E-state index in [2.05, 4.69) is 4.74 Å². The Morgan fingerprint density at radius 3 is 2.32 bits per heavy atom. The van der Waals surface area contributed by atoms with Gasteiger partial charge in [0.1, 0.15) is 5.75 Å². The Hall–Kier alpha value is -2.80. The summed E-state index contributed by atoms with van der Waals surface area (Å²) in [6.45, 7) is 2.98. The largest absolute Gasteiger partial charge is 0.434 e. The number of hydrogen-bond donors (Lipinski definition) is 0. The molecule has 1 aromatic heterocycles. The van der Waals surface area contributed by atoms with Crippen LogP contribution in [0.15, 0.2) is 29.6 Å². The van der Waals surface area contributed by atoms with Crippen molar-refractivity contribution in [2.45, 2.75) is 31.9 Å². The van der Waals surface area contributed by atoms with Crippen molar-refractivity contribution in [3.8, 4) is 16.2 Å². The molecule has 0 saturated carbocycles. The Kier molecular flexibility index (Phi) is 7.76. The summed E-state index contributed by atoms with van der Waals surface area (Å²) in [4.78, 5) is 26.1. The summed E-state index contributed by atoms with van der Waals surface area (Å²) >= 11 is 1.39. The number of benzene rings is 1. The molecule has 13 heteroatoms. The van der Waals surface area contributed by atoms with Gasteiger partial charge in [0, 0.05) is 43.0 Å². The van der Waals surface area contributed by atoms with Crippen molar-refractivity contribution >= 4 is 23.9 Å². The molecule has 1 saturated heterocycles. The van der Waals surface area contributed by atoms with E-state index in [1.54, 1.807) is 11.4 Å². The van der Waals surface area contributed by atoms with Gasteiger partial charge in [-0.25, -0.2) is 4.79 Å². The van der Waals surface area contributed by atoms with Crippen molar-refractivity contribution in [2.75, 3.05) is 26.2 Å². The lowest BCUT2D eigenvalue weighted by Crippen LogP contribution is -2.52. The molecule has 0 N–H and O–H groups in total. The molecule has 1 aliphatic rings. The van der Waals surface area contributed by atoms with Gasteiger partial charge in [0.2, 0.25) is 0 Å². The van der Waals surface area contributed by atoms with Gasteiger partial charge in [-0.3, -0.25) is 9.69 Å². The predicted molar refractivity (Wildman–Crippen MR) is 110 cm³/mol. The van der Waals surface area contributed by atoms with Crippen molar-refractivity contribution in [3.05, 3.63) is 40.8 Å². The molecule has 0 spiro atoms. The molecule has 34 heavy (non-hydrogen) atoms. The van der Waals surface area contributed by atoms with E-state index in [-0.39, 0.29) is 26.2 Å². The lowest BCUT2D eigenvalue weighted by molar-refractivity contribution is -0.308. The highest BCUT2D eigenvalue weighted by Gasteiger charge is 2.60. The van der Waals surface area contributed by atoms with E-state index in [0.717, 1.165) is 26.5 Å². The normalized spacial score (nSPS) is 15.5. The summed E-state index contributed by atoms with van der Waals surface area (Å²) in [5, 5.41) is 1.69. The average Bonchev–Trinajstić information content (AvgIpc) is 3.21. The Balaban J connectivity index is 1.64. The maximum atomic E-state index is 12.7. The molecule has 0 aliphatic carbocycles. The molecule has 0 bridgehead atoms. The van der Waals surface area contributed by atoms with Crippen LogP contribution in [0.5, 0.6) is 5.75 Å². The second-order valence-electron chi connectivity index (χ2n) is 7.63. The van der Waals surface area contributed by atoms with Crippen molar-refractivity contribution in [1.29, 1.82) is 0 Å². The molecule has 2 heterocycles. The number of aryl methyl sites for hydroxylation is 1. The highest BCUT2D eigenvalue weighted by molar-refractivity contribution is 7.13. The highest BCUT2D eigenvalue weighted by atomic mass is 32.1. The fourth-order valence-corrected chi connectivity index (χ4v) is 4.33. The lowest BCUT2D eigenvalue weighted by atomic mass is 10.0. The van der Waals surface area contributed by atoms with E-state index in [4.69, 9.17) is 4.74 Å². The van der Waals surface area contributed by atoms with Crippen LogP contribution in [-0.4, -0.2) is 67.0 Å². The summed E-state index contributed by atoms with van der Waals surface area (Å²) in [6.07, 6.45) is -17.3. The van der Waals surface area contributed by atoms with Crippen LogP contribution in [0.2, 0.25) is 0 Å². The van der Waals surface area contributed by atoms with E-state index in [9.17, 15) is 35.9 Å². The number of nitrogens with zero attached hydrogens (tertiary/aromatic N) is 2. The van der Waals surface area contributed by atoms with E-state index in [1.807, 2.05) is 30.0 Å². The van der Waals surface area contributed by atoms with Crippen molar-refractivity contribution in [3.63, 3.8) is 0 Å². The third kappa shape index (κ3) is 6.41. The molecule has 1 aliphatic heterocycles. The summed E-state index contributed by atoms with van der Waals surface area (Å²) in [7, 11) is 0. The van der Waals surface area contributed by atoms with E-state index in [1.165, 1.54) is 11.3 Å². The van der Waals surface area contributed by atoms with Crippen molar-refractivity contribution in [2.24, 2.45) is 0 Å². The highest BCUT2D eigenvalue weighted by Crippen LogP contribution is 2.37. The first kappa shape index (κ1) is 25.8. The monoisotopic (exact) mass is 510 g/mol. The first-order chi connectivity index (χ1) is 15.9. The number of carbonyl (C=O) groups is 2. The molecule has 0 unspecified atom stereocenters. The number of amides is 1. The molecular weight excluding hydrogens is 490 g/mol. The number of hydrogen-bond acceptors (Lipinski definition) is 6. The molecule has 6 nitrogen and oxygen atoms in total. The van der Waals surface area contributed by atoms with Crippen LogP contribution in [0.4, 0.5) is 31.1 Å². The van der Waals surface area contributed by atoms with Gasteiger partial charge >= 0.3 is 18.4 Å². The zero-order valence-corrected chi connectivity index (χ0v) is 18.6. The minimum Gasteiger partial charge on any atom is -0.428 e. The second kappa shape index (κ2) is 10.2. The van der Waals surface area contributed by atoms with E-state index >= 15 is 0 Å². The van der Waals surface area contributed by atoms with Crippen LogP contribution >= 0.6 is 11.3 Å². The summed E-state index contributed by atoms with van der Waals surface area (Å²) in [5.74, 6) is 0.408.